The number of nitrogens with zero attached hydrogens (tertiary/aromatic N) is 3. The summed E-state index contributed by atoms with van der Waals surface area (Å²) in [7, 11) is -2.16. The third kappa shape index (κ3) is 7.91. The zero-order valence-corrected chi connectivity index (χ0v) is 20.9. The normalized spacial score (nSPS) is 16.1. The predicted molar refractivity (Wildman–Crippen MR) is 125 cm³/mol. The van der Waals surface area contributed by atoms with Crippen molar-refractivity contribution in [3.8, 4) is 0 Å². The highest BCUT2D eigenvalue weighted by atomic mass is 35.5. The maximum Gasteiger partial charge on any atom is 0.240 e. The topological polar surface area (TPSA) is 87.2 Å². The van der Waals surface area contributed by atoms with Crippen molar-refractivity contribution < 1.29 is 27.1 Å². The van der Waals surface area contributed by atoms with Gasteiger partial charge in [-0.1, -0.05) is 12.1 Å². The van der Waals surface area contributed by atoms with Gasteiger partial charge in [0.15, 0.2) is 0 Å². The van der Waals surface area contributed by atoms with Crippen LogP contribution in [0.4, 0.5) is 4.39 Å². The van der Waals surface area contributed by atoms with Crippen LogP contribution < -0.4 is 0 Å². The lowest BCUT2D eigenvalue weighted by molar-refractivity contribution is -0.137. The van der Waals surface area contributed by atoms with E-state index >= 15 is 0 Å². The van der Waals surface area contributed by atoms with Crippen LogP contribution in [0.25, 0.3) is 0 Å². The van der Waals surface area contributed by atoms with Crippen molar-refractivity contribution in [2.24, 2.45) is 0 Å². The Labute approximate surface area is 200 Å². The van der Waals surface area contributed by atoms with Crippen molar-refractivity contribution >= 4 is 33.4 Å². The Morgan fingerprint density at radius 1 is 1.30 bits per heavy atom. The van der Waals surface area contributed by atoms with E-state index in [9.17, 15) is 22.4 Å². The Morgan fingerprint density at radius 2 is 1.97 bits per heavy atom. The predicted octanol–water partition coefficient (Wildman–Crippen LogP) is 2.07. The molecule has 0 bridgehead atoms. The third-order valence-corrected chi connectivity index (χ3v) is 7.75. The zero-order chi connectivity index (χ0) is 24.6. The molecule has 186 valence electrons. The molecule has 1 aromatic carbocycles. The Morgan fingerprint density at radius 3 is 2.52 bits per heavy atom. The average Bonchev–Trinajstić information content (AvgIpc) is 2.79. The summed E-state index contributed by atoms with van der Waals surface area (Å²) >= 11 is 5.92. The Balaban J connectivity index is 2.23. The second-order valence-corrected chi connectivity index (χ2v) is 11.0. The van der Waals surface area contributed by atoms with Crippen LogP contribution in [-0.2, 0) is 30.9 Å². The largest absolute Gasteiger partial charge is 0.383 e. The molecule has 1 saturated heterocycles. The highest BCUT2D eigenvalue weighted by molar-refractivity contribution is 7.89. The van der Waals surface area contributed by atoms with Crippen molar-refractivity contribution in [3.05, 3.63) is 35.6 Å². The molecular formula is C22H33ClFN3O5S. The highest BCUT2D eigenvalue weighted by Crippen LogP contribution is 2.21. The summed E-state index contributed by atoms with van der Waals surface area (Å²) in [6.07, 6.45) is 1.05. The molecule has 0 aromatic heterocycles. The molecule has 1 unspecified atom stereocenters. The molecule has 0 spiro atoms. The molecule has 0 aliphatic carbocycles. The first-order valence-corrected chi connectivity index (χ1v) is 13.1. The number of hydrogen-bond acceptors (Lipinski definition) is 5. The number of carbonyl (C=O) groups excluding carboxylic acids is 2. The maximum absolute atomic E-state index is 13.8. The van der Waals surface area contributed by atoms with E-state index in [1.54, 1.807) is 28.9 Å². The van der Waals surface area contributed by atoms with Gasteiger partial charge in [-0.25, -0.2) is 12.8 Å². The Bertz CT molecular complexity index is 907. The molecular weight excluding hydrogens is 473 g/mol. The van der Waals surface area contributed by atoms with E-state index in [0.717, 1.165) is 4.31 Å². The Kier molecular flexibility index (Phi) is 10.5. The molecule has 0 saturated carbocycles. The number of sulfonamides is 1. The molecule has 33 heavy (non-hydrogen) atoms. The van der Waals surface area contributed by atoms with Crippen LogP contribution in [0.5, 0.6) is 0 Å². The first kappa shape index (κ1) is 27.5. The number of benzene rings is 1. The van der Waals surface area contributed by atoms with E-state index < -0.39 is 21.2 Å². The number of alkyl halides is 1. The molecule has 1 atom stereocenters. The van der Waals surface area contributed by atoms with Crippen LogP contribution in [0.15, 0.2) is 24.3 Å². The van der Waals surface area contributed by atoms with Crippen LogP contribution >= 0.6 is 11.6 Å². The summed E-state index contributed by atoms with van der Waals surface area (Å²) in [5.41, 5.74) is 0.609. The van der Waals surface area contributed by atoms with Crippen molar-refractivity contribution in [2.75, 3.05) is 45.6 Å². The van der Waals surface area contributed by atoms with Gasteiger partial charge in [0.1, 0.15) is 11.2 Å². The maximum atomic E-state index is 13.8. The van der Waals surface area contributed by atoms with E-state index in [2.05, 4.69) is 0 Å². The molecule has 2 rings (SSSR count). The van der Waals surface area contributed by atoms with E-state index in [1.165, 1.54) is 26.2 Å². The lowest BCUT2D eigenvalue weighted by atomic mass is 10.0. The lowest BCUT2D eigenvalue weighted by Crippen LogP contribution is -2.52. The van der Waals surface area contributed by atoms with Gasteiger partial charge >= 0.3 is 0 Å². The monoisotopic (exact) mass is 505 g/mol. The average molecular weight is 506 g/mol. The van der Waals surface area contributed by atoms with Crippen LogP contribution in [0.1, 0.15) is 32.3 Å². The molecule has 1 fully saturated rings. The number of methoxy groups -OCH3 is 1. The molecule has 1 aliphatic heterocycles. The number of likely N-dealkylation sites (tertiary alicyclic amines) is 1. The van der Waals surface area contributed by atoms with E-state index in [1.807, 2.05) is 0 Å². The van der Waals surface area contributed by atoms with Gasteiger partial charge in [-0.2, -0.15) is 4.31 Å². The highest BCUT2D eigenvalue weighted by Gasteiger charge is 2.33. The quantitative estimate of drug-likeness (QED) is 0.430. The number of ether oxygens (including phenoxy) is 1. The van der Waals surface area contributed by atoms with Gasteiger partial charge in [-0.15, -0.1) is 11.6 Å². The van der Waals surface area contributed by atoms with Crippen molar-refractivity contribution in [1.82, 2.24) is 14.1 Å². The van der Waals surface area contributed by atoms with E-state index in [0.29, 0.717) is 31.5 Å². The third-order valence-electron chi connectivity index (χ3n) is 5.73. The summed E-state index contributed by atoms with van der Waals surface area (Å²) in [6.45, 7) is 4.06. The molecule has 2 amide bonds. The molecule has 8 nitrogen and oxygen atoms in total. The van der Waals surface area contributed by atoms with Crippen LogP contribution in [0, 0.1) is 5.82 Å². The minimum atomic E-state index is -3.62. The van der Waals surface area contributed by atoms with Crippen LogP contribution in [-0.4, -0.2) is 91.4 Å². The first-order chi connectivity index (χ1) is 15.6. The lowest BCUT2D eigenvalue weighted by Gasteiger charge is -2.39. The number of halogens is 2. The molecule has 0 radical (unpaired) electrons. The minimum Gasteiger partial charge on any atom is -0.383 e. The fraction of sp³-hybridized carbons (Fsp3) is 0.636. The fourth-order valence-electron chi connectivity index (χ4n) is 3.84. The van der Waals surface area contributed by atoms with Crippen molar-refractivity contribution in [3.63, 3.8) is 0 Å². The van der Waals surface area contributed by atoms with Gasteiger partial charge in [0, 0.05) is 39.3 Å². The van der Waals surface area contributed by atoms with Crippen LogP contribution in [0.2, 0.25) is 0 Å². The van der Waals surface area contributed by atoms with Gasteiger partial charge < -0.3 is 14.5 Å². The van der Waals surface area contributed by atoms with Crippen molar-refractivity contribution in [2.45, 2.75) is 44.7 Å². The van der Waals surface area contributed by atoms with E-state index in [4.69, 9.17) is 16.3 Å². The first-order valence-electron chi connectivity index (χ1n) is 11.0. The second kappa shape index (κ2) is 12.6. The molecule has 0 N–H and O–H groups in total. The van der Waals surface area contributed by atoms with Gasteiger partial charge in [0.2, 0.25) is 21.8 Å². The van der Waals surface area contributed by atoms with Gasteiger partial charge in [0.25, 0.3) is 0 Å². The van der Waals surface area contributed by atoms with Crippen molar-refractivity contribution in [1.29, 1.82) is 0 Å². The van der Waals surface area contributed by atoms with Crippen LogP contribution in [0.3, 0.4) is 0 Å². The summed E-state index contributed by atoms with van der Waals surface area (Å²) in [5, 5.41) is -0.625. The fourth-order valence-corrected chi connectivity index (χ4v) is 5.00. The molecule has 11 heteroatoms. The molecule has 1 aromatic rings. The Hall–Kier alpha value is -1.75. The summed E-state index contributed by atoms with van der Waals surface area (Å²) in [4.78, 5) is 28.9. The number of hydrogen-bond donors (Lipinski definition) is 0. The smallest absolute Gasteiger partial charge is 0.240 e. The second-order valence-electron chi connectivity index (χ2n) is 8.05. The molecule has 1 heterocycles. The van der Waals surface area contributed by atoms with Gasteiger partial charge in [-0.05, 0) is 44.4 Å². The molecule has 1 aliphatic rings. The number of rotatable bonds is 11. The van der Waals surface area contributed by atoms with E-state index in [-0.39, 0.29) is 49.9 Å². The number of piperidine rings is 1. The summed E-state index contributed by atoms with van der Waals surface area (Å²) in [6, 6.07) is 5.77. The number of amides is 2. The van der Waals surface area contributed by atoms with Gasteiger partial charge in [0.05, 0.1) is 18.9 Å². The van der Waals surface area contributed by atoms with Gasteiger partial charge in [-0.3, -0.25) is 9.59 Å². The minimum absolute atomic E-state index is 0.0623. The SMILES string of the molecule is CCS(=O)(=O)N(CCOC)CC(=O)N(Cc1cccc(F)c1)C1CCN(C(=O)C(C)Cl)CC1. The summed E-state index contributed by atoms with van der Waals surface area (Å²) in [5.74, 6) is -1.07. The summed E-state index contributed by atoms with van der Waals surface area (Å²) < 4.78 is 44.9. The number of carbonyl (C=O) groups is 2. The standard InChI is InChI=1S/C22H33ClFN3O5S/c1-4-33(30,31)26(12-13-32-3)16-21(28)27(15-18-6-5-7-19(24)14-18)20-8-10-25(11-9-20)22(29)17(2)23/h5-7,14,17,20H,4,8-13,15-16H2,1-3H3. The zero-order valence-electron chi connectivity index (χ0n) is 19.4.